The first-order chi connectivity index (χ1) is 26.9. The van der Waals surface area contributed by atoms with Crippen molar-refractivity contribution in [1.82, 2.24) is 20.9 Å². The molecule has 2 rings (SSSR count). The highest BCUT2D eigenvalue weighted by atomic mass is 16.7. The topological polar surface area (TPSA) is 228 Å². The van der Waals surface area contributed by atoms with Gasteiger partial charge in [0.05, 0.1) is 52.2 Å². The van der Waals surface area contributed by atoms with Crippen LogP contribution >= 0.6 is 0 Å². The molecule has 2 heterocycles. The van der Waals surface area contributed by atoms with Gasteiger partial charge in [0, 0.05) is 38.9 Å². The quantitative estimate of drug-likeness (QED) is 0.0535. The number of methoxy groups -OCH3 is 2. The minimum absolute atomic E-state index is 0.0556. The van der Waals surface area contributed by atoms with Crippen molar-refractivity contribution < 1.29 is 62.7 Å². The lowest BCUT2D eigenvalue weighted by molar-refractivity contribution is -0.263. The van der Waals surface area contributed by atoms with Crippen molar-refractivity contribution in [3.05, 3.63) is 0 Å². The molecule has 0 aliphatic carbocycles. The number of aliphatic hydroxyl groups excluding tert-OH is 2. The molecule has 0 aromatic carbocycles. The van der Waals surface area contributed by atoms with Crippen LogP contribution in [0.4, 0.5) is 0 Å². The molecule has 5 N–H and O–H groups in total. The van der Waals surface area contributed by atoms with Crippen LogP contribution in [-0.2, 0) is 52.5 Å². The van der Waals surface area contributed by atoms with Gasteiger partial charge in [0.2, 0.25) is 18.2 Å². The maximum Gasteiger partial charge on any atom is 0.328 e. The zero-order valence-electron chi connectivity index (χ0n) is 35.1. The van der Waals surface area contributed by atoms with E-state index in [9.17, 15) is 39.0 Å². The Bertz CT molecular complexity index is 1030. The van der Waals surface area contributed by atoms with Crippen LogP contribution in [0.15, 0.2) is 0 Å². The zero-order chi connectivity index (χ0) is 42.6. The van der Waals surface area contributed by atoms with Gasteiger partial charge in [-0.2, -0.15) is 0 Å². The highest BCUT2D eigenvalue weighted by Gasteiger charge is 2.35. The van der Waals surface area contributed by atoms with E-state index in [1.807, 2.05) is 7.05 Å². The van der Waals surface area contributed by atoms with Gasteiger partial charge in [0.15, 0.2) is 6.29 Å². The SMILES string of the molecule is CCCCCC.CCCCCCC(NC(=O)C1CCN(C(=O)CCC=O)C1)C(=O)OC.CNCCOCCOC1O[C@@H](C)C(O)C[C@H]1O.COC(=O)CNC=O. The van der Waals surface area contributed by atoms with E-state index in [0.717, 1.165) is 38.5 Å². The second-order valence-electron chi connectivity index (χ2n) is 13.4. The fourth-order valence-electron chi connectivity index (χ4n) is 5.29. The van der Waals surface area contributed by atoms with E-state index >= 15 is 0 Å². The number of likely N-dealkylation sites (tertiary alicyclic amines) is 1. The van der Waals surface area contributed by atoms with Crippen molar-refractivity contribution in [2.75, 3.05) is 67.3 Å². The van der Waals surface area contributed by atoms with Gasteiger partial charge in [-0.15, -0.1) is 0 Å². The molecular formula is C39H74N4O13. The van der Waals surface area contributed by atoms with Crippen molar-refractivity contribution in [2.45, 2.75) is 142 Å². The van der Waals surface area contributed by atoms with Crippen LogP contribution in [0.3, 0.4) is 0 Å². The van der Waals surface area contributed by atoms with E-state index in [1.54, 1.807) is 11.8 Å². The number of nitrogens with one attached hydrogen (secondary N) is 3. The Morgan fingerprint density at radius 1 is 0.911 bits per heavy atom. The summed E-state index contributed by atoms with van der Waals surface area (Å²) in [5.74, 6) is -1.51. The predicted octanol–water partition coefficient (Wildman–Crippen LogP) is 2.03. The van der Waals surface area contributed by atoms with Crippen molar-refractivity contribution in [3.63, 3.8) is 0 Å². The van der Waals surface area contributed by atoms with Crippen molar-refractivity contribution in [2.24, 2.45) is 5.92 Å². The van der Waals surface area contributed by atoms with Crippen LogP contribution in [0, 0.1) is 5.92 Å². The molecule has 56 heavy (non-hydrogen) atoms. The lowest BCUT2D eigenvalue weighted by Gasteiger charge is -2.35. The summed E-state index contributed by atoms with van der Waals surface area (Å²) in [6.07, 6.45) is 10.2. The number of ether oxygens (including phenoxy) is 5. The number of nitrogens with zero attached hydrogens (tertiary/aromatic N) is 1. The number of amides is 3. The average Bonchev–Trinajstić information content (AvgIpc) is 3.71. The normalized spacial score (nSPS) is 20.3. The Balaban J connectivity index is 0. The number of likely N-dealkylation sites (N-methyl/N-ethyl adjacent to an activating group) is 1. The number of unbranched alkanes of at least 4 members (excludes halogenated alkanes) is 6. The number of carbonyl (C=O) groups is 6. The molecule has 0 radical (unpaired) electrons. The van der Waals surface area contributed by atoms with Crippen molar-refractivity contribution >= 4 is 36.4 Å². The largest absolute Gasteiger partial charge is 0.468 e. The van der Waals surface area contributed by atoms with Crippen LogP contribution in [0.25, 0.3) is 0 Å². The summed E-state index contributed by atoms with van der Waals surface area (Å²) in [5, 5.41) is 27.0. The van der Waals surface area contributed by atoms with Crippen LogP contribution in [0.1, 0.15) is 111 Å². The van der Waals surface area contributed by atoms with E-state index in [1.165, 1.54) is 39.9 Å². The summed E-state index contributed by atoms with van der Waals surface area (Å²) in [4.78, 5) is 67.8. The second-order valence-corrected chi connectivity index (χ2v) is 13.4. The van der Waals surface area contributed by atoms with E-state index in [0.29, 0.717) is 52.2 Å². The third-order valence-corrected chi connectivity index (χ3v) is 8.74. The minimum Gasteiger partial charge on any atom is -0.468 e. The molecule has 328 valence electrons. The summed E-state index contributed by atoms with van der Waals surface area (Å²) >= 11 is 0. The van der Waals surface area contributed by atoms with Crippen molar-refractivity contribution in [1.29, 1.82) is 0 Å². The molecule has 2 saturated heterocycles. The molecule has 4 unspecified atom stereocenters. The maximum atomic E-state index is 12.4. The molecule has 17 heteroatoms. The summed E-state index contributed by atoms with van der Waals surface area (Å²) in [7, 11) is 4.43. The third kappa shape index (κ3) is 28.2. The van der Waals surface area contributed by atoms with Gasteiger partial charge in [0.25, 0.3) is 0 Å². The van der Waals surface area contributed by atoms with Gasteiger partial charge in [-0.1, -0.05) is 72.1 Å². The number of hydrogen-bond donors (Lipinski definition) is 5. The summed E-state index contributed by atoms with van der Waals surface area (Å²) in [6.45, 7) is 11.4. The standard InChI is InChI=1S/C18H30N2O5.C11H23NO5.C6H14.C4H7NO3/c1-3-4-5-6-8-15(18(24)25-2)19-17(23)14-10-11-20(13-14)16(22)9-7-12-21;1-8-9(13)7-10(14)11(17-8)16-6-5-15-4-3-12-2;1-3-5-6-4-2;1-8-4(7)2-5-3-6/h12,14-15H,3-11,13H2,1-2H3,(H,19,23);8-14H,3-7H2,1-2H3;3-6H2,1-2H3;3H,2H2,1H3,(H,5,6)/t;8-,9?,10+,11?;;/m.0../s1. The maximum absolute atomic E-state index is 12.4. The van der Waals surface area contributed by atoms with Gasteiger partial charge in [0.1, 0.15) is 25.0 Å². The first-order valence-corrected chi connectivity index (χ1v) is 20.1. The molecule has 0 bridgehead atoms. The summed E-state index contributed by atoms with van der Waals surface area (Å²) < 4.78 is 25.0. The van der Waals surface area contributed by atoms with Crippen molar-refractivity contribution in [3.8, 4) is 0 Å². The Kier molecular flexibility index (Phi) is 36.6. The monoisotopic (exact) mass is 807 g/mol. The molecule has 0 saturated carbocycles. The fraction of sp³-hybridized carbons (Fsp3) is 0.846. The fourth-order valence-corrected chi connectivity index (χ4v) is 5.29. The molecule has 0 aromatic rings. The van der Waals surface area contributed by atoms with Crippen LogP contribution < -0.4 is 16.0 Å². The molecule has 17 nitrogen and oxygen atoms in total. The highest BCUT2D eigenvalue weighted by Crippen LogP contribution is 2.21. The minimum atomic E-state index is -0.779. The average molecular weight is 807 g/mol. The van der Waals surface area contributed by atoms with Crippen LogP contribution in [-0.4, -0.2) is 149 Å². The number of aliphatic hydroxyl groups is 2. The van der Waals surface area contributed by atoms with Gasteiger partial charge in [-0.3, -0.25) is 19.2 Å². The number of rotatable bonds is 24. The molecule has 2 aliphatic heterocycles. The van der Waals surface area contributed by atoms with Crippen LogP contribution in [0.5, 0.6) is 0 Å². The Hall–Kier alpha value is -3.22. The molecule has 3 amide bonds. The zero-order valence-corrected chi connectivity index (χ0v) is 35.1. The first kappa shape index (κ1) is 54.9. The number of aldehydes is 1. The van der Waals surface area contributed by atoms with E-state index in [4.69, 9.17) is 18.9 Å². The van der Waals surface area contributed by atoms with E-state index < -0.39 is 36.5 Å². The number of carbonyl (C=O) groups excluding carboxylic acids is 6. The molecule has 6 atom stereocenters. The van der Waals surface area contributed by atoms with Gasteiger partial charge in [-0.05, 0) is 26.8 Å². The van der Waals surface area contributed by atoms with Gasteiger partial charge in [-0.25, -0.2) is 4.79 Å². The highest BCUT2D eigenvalue weighted by molar-refractivity contribution is 5.87. The Labute approximate surface area is 334 Å². The Morgan fingerprint density at radius 2 is 1.57 bits per heavy atom. The Morgan fingerprint density at radius 3 is 2.14 bits per heavy atom. The molecular weight excluding hydrogens is 732 g/mol. The molecule has 2 fully saturated rings. The lowest BCUT2D eigenvalue weighted by atomic mass is 10.0. The summed E-state index contributed by atoms with van der Waals surface area (Å²) in [5.41, 5.74) is 0. The van der Waals surface area contributed by atoms with Crippen LogP contribution in [0.2, 0.25) is 0 Å². The van der Waals surface area contributed by atoms with Gasteiger partial charge < -0.3 is 59.5 Å². The number of esters is 2. The number of hydrogen-bond acceptors (Lipinski definition) is 14. The molecule has 0 aromatic heterocycles. The van der Waals surface area contributed by atoms with E-state index in [2.05, 4.69) is 41.5 Å². The molecule has 2 aliphatic rings. The van der Waals surface area contributed by atoms with Gasteiger partial charge >= 0.3 is 11.9 Å². The molecule has 0 spiro atoms. The third-order valence-electron chi connectivity index (χ3n) is 8.74. The first-order valence-electron chi connectivity index (χ1n) is 20.1. The summed E-state index contributed by atoms with van der Waals surface area (Å²) in [6, 6.07) is -0.630. The smallest absolute Gasteiger partial charge is 0.328 e. The second kappa shape index (κ2) is 37.4. The lowest BCUT2D eigenvalue weighted by Crippen LogP contribution is -2.47. The predicted molar refractivity (Wildman–Crippen MR) is 210 cm³/mol. The van der Waals surface area contributed by atoms with E-state index in [-0.39, 0.29) is 49.6 Å².